The molecule has 0 atom stereocenters. The molecule has 0 bridgehead atoms. The minimum absolute atomic E-state index is 0.0462. The van der Waals surface area contributed by atoms with Crippen LogP contribution in [0, 0.1) is 5.82 Å². The second-order valence-electron chi connectivity index (χ2n) is 2.90. The molecule has 0 aromatic heterocycles. The lowest BCUT2D eigenvalue weighted by Gasteiger charge is -2.09. The highest BCUT2D eigenvalue weighted by molar-refractivity contribution is 6.28. The molecule has 2 N–H and O–H groups in total. The lowest BCUT2D eigenvalue weighted by Crippen LogP contribution is -2.17. The fraction of sp³-hybridized carbons (Fsp3) is 0.222. The zero-order valence-electron chi connectivity index (χ0n) is 8.26. The minimum Gasteiger partial charge on any atom is -0.406 e. The molecule has 0 fully saturated rings. The Morgan fingerprint density at radius 1 is 1.41 bits per heavy atom. The normalized spacial score (nSPS) is 12.6. The van der Waals surface area contributed by atoms with Gasteiger partial charge in [-0.3, -0.25) is 0 Å². The maximum atomic E-state index is 13.3. The molecular weight excluding hydrogens is 264 g/mol. The maximum Gasteiger partial charge on any atom is 0.573 e. The minimum atomic E-state index is -4.87. The average molecular weight is 271 g/mol. The number of alkyl halides is 4. The van der Waals surface area contributed by atoms with Crippen LogP contribution in [0.25, 0.3) is 0 Å². The van der Waals surface area contributed by atoms with Crippen LogP contribution in [0.1, 0.15) is 0 Å². The number of nitrogens with zero attached hydrogens (tertiary/aromatic N) is 1. The molecule has 0 saturated carbocycles. The van der Waals surface area contributed by atoms with Crippen LogP contribution in [0.3, 0.4) is 0 Å². The third-order valence-corrected chi connectivity index (χ3v) is 1.83. The summed E-state index contributed by atoms with van der Waals surface area (Å²) < 4.78 is 52.3. The number of hydrogen-bond acceptors (Lipinski definition) is 2. The number of ether oxygens (including phenoxy) is 1. The molecular formula is C9H7ClF4N2O. The van der Waals surface area contributed by atoms with E-state index in [9.17, 15) is 17.6 Å². The van der Waals surface area contributed by atoms with Crippen LogP contribution in [-0.2, 0) is 0 Å². The number of amidine groups is 1. The van der Waals surface area contributed by atoms with Crippen molar-refractivity contribution >= 4 is 23.1 Å². The third-order valence-electron chi connectivity index (χ3n) is 1.55. The van der Waals surface area contributed by atoms with Crippen molar-refractivity contribution < 1.29 is 22.3 Å². The first-order valence-corrected chi connectivity index (χ1v) is 4.79. The Labute approximate surface area is 98.8 Å². The summed E-state index contributed by atoms with van der Waals surface area (Å²) >= 11 is 5.32. The van der Waals surface area contributed by atoms with Crippen LogP contribution in [0.15, 0.2) is 23.2 Å². The van der Waals surface area contributed by atoms with Gasteiger partial charge in [-0.05, 0) is 12.1 Å². The Morgan fingerprint density at radius 2 is 2.06 bits per heavy atom. The van der Waals surface area contributed by atoms with E-state index in [4.69, 9.17) is 17.3 Å². The fourth-order valence-electron chi connectivity index (χ4n) is 0.960. The molecule has 0 aliphatic heterocycles. The van der Waals surface area contributed by atoms with E-state index in [1.54, 1.807) is 0 Å². The van der Waals surface area contributed by atoms with Gasteiger partial charge in [0, 0.05) is 6.07 Å². The van der Waals surface area contributed by atoms with Crippen LogP contribution in [0.5, 0.6) is 5.75 Å². The molecule has 0 radical (unpaired) electrons. The molecule has 8 heteroatoms. The molecule has 0 heterocycles. The quantitative estimate of drug-likeness (QED) is 0.397. The summed E-state index contributed by atoms with van der Waals surface area (Å²) in [6.07, 6.45) is -4.87. The summed E-state index contributed by atoms with van der Waals surface area (Å²) in [6.45, 7) is 0. The zero-order chi connectivity index (χ0) is 13.1. The van der Waals surface area contributed by atoms with Crippen LogP contribution in [0.4, 0.5) is 23.2 Å². The summed E-state index contributed by atoms with van der Waals surface area (Å²) in [5.41, 5.74) is 5.04. The SMILES string of the molecule is NC(CCl)=Nc1ccc(OC(F)(F)F)cc1F. The molecule has 17 heavy (non-hydrogen) atoms. The van der Waals surface area contributed by atoms with Crippen molar-refractivity contribution in [2.45, 2.75) is 6.36 Å². The molecule has 94 valence electrons. The zero-order valence-corrected chi connectivity index (χ0v) is 9.02. The lowest BCUT2D eigenvalue weighted by atomic mass is 10.3. The maximum absolute atomic E-state index is 13.3. The molecule has 0 amide bonds. The van der Waals surface area contributed by atoms with Gasteiger partial charge in [0.2, 0.25) is 0 Å². The standard InChI is InChI=1S/C9H7ClF4N2O/c10-4-8(15)16-7-2-1-5(3-6(7)11)17-9(12,13)14/h1-3H,4H2,(H2,15,16). The van der Waals surface area contributed by atoms with E-state index in [0.29, 0.717) is 6.07 Å². The Morgan fingerprint density at radius 3 is 2.53 bits per heavy atom. The highest BCUT2D eigenvalue weighted by Gasteiger charge is 2.31. The van der Waals surface area contributed by atoms with E-state index in [-0.39, 0.29) is 17.4 Å². The van der Waals surface area contributed by atoms with Gasteiger partial charge in [0.15, 0.2) is 5.82 Å². The number of nitrogens with two attached hydrogens (primary N) is 1. The average Bonchev–Trinajstić information content (AvgIpc) is 2.19. The van der Waals surface area contributed by atoms with E-state index >= 15 is 0 Å². The second kappa shape index (κ2) is 5.22. The number of aliphatic imine (C=N–C) groups is 1. The highest BCUT2D eigenvalue weighted by atomic mass is 35.5. The Balaban J connectivity index is 2.94. The lowest BCUT2D eigenvalue weighted by molar-refractivity contribution is -0.274. The molecule has 0 aliphatic carbocycles. The van der Waals surface area contributed by atoms with Gasteiger partial charge >= 0.3 is 6.36 Å². The molecule has 0 unspecified atom stereocenters. The van der Waals surface area contributed by atoms with Gasteiger partial charge in [-0.2, -0.15) is 0 Å². The van der Waals surface area contributed by atoms with Gasteiger partial charge in [0.05, 0.1) is 5.88 Å². The summed E-state index contributed by atoms with van der Waals surface area (Å²) in [5.74, 6) is -1.81. The molecule has 0 saturated heterocycles. The van der Waals surface area contributed by atoms with Crippen LogP contribution >= 0.6 is 11.6 Å². The van der Waals surface area contributed by atoms with Crippen molar-refractivity contribution in [2.75, 3.05) is 5.88 Å². The fourth-order valence-corrected chi connectivity index (χ4v) is 1.02. The van der Waals surface area contributed by atoms with Crippen molar-refractivity contribution in [3.63, 3.8) is 0 Å². The van der Waals surface area contributed by atoms with Crippen molar-refractivity contribution in [1.82, 2.24) is 0 Å². The molecule has 1 aromatic rings. The smallest absolute Gasteiger partial charge is 0.406 e. The van der Waals surface area contributed by atoms with Gasteiger partial charge in [0.25, 0.3) is 0 Å². The van der Waals surface area contributed by atoms with Crippen molar-refractivity contribution in [3.8, 4) is 5.75 Å². The summed E-state index contributed by atoms with van der Waals surface area (Å²) in [5, 5.41) is 0. The van der Waals surface area contributed by atoms with E-state index in [1.165, 1.54) is 0 Å². The number of rotatable bonds is 3. The first-order valence-electron chi connectivity index (χ1n) is 4.26. The van der Waals surface area contributed by atoms with Crippen LogP contribution < -0.4 is 10.5 Å². The van der Waals surface area contributed by atoms with E-state index in [1.807, 2.05) is 0 Å². The van der Waals surface area contributed by atoms with E-state index in [0.717, 1.165) is 12.1 Å². The van der Waals surface area contributed by atoms with E-state index in [2.05, 4.69) is 9.73 Å². The number of halogens is 5. The van der Waals surface area contributed by atoms with Gasteiger partial charge in [-0.1, -0.05) is 0 Å². The van der Waals surface area contributed by atoms with Gasteiger partial charge in [0.1, 0.15) is 17.3 Å². The third kappa shape index (κ3) is 4.48. The van der Waals surface area contributed by atoms with Gasteiger partial charge < -0.3 is 10.5 Å². The van der Waals surface area contributed by atoms with Crippen LogP contribution in [-0.4, -0.2) is 18.1 Å². The number of benzene rings is 1. The largest absolute Gasteiger partial charge is 0.573 e. The first kappa shape index (κ1) is 13.6. The molecule has 1 rings (SSSR count). The molecule has 0 aliphatic rings. The Kier molecular flexibility index (Phi) is 4.17. The first-order chi connectivity index (χ1) is 7.81. The predicted octanol–water partition coefficient (Wildman–Crippen LogP) is 2.95. The number of hydrogen-bond donors (Lipinski definition) is 1. The monoisotopic (exact) mass is 270 g/mol. The summed E-state index contributed by atoms with van der Waals surface area (Å²) in [7, 11) is 0. The topological polar surface area (TPSA) is 47.6 Å². The van der Waals surface area contributed by atoms with E-state index < -0.39 is 17.9 Å². The summed E-state index contributed by atoms with van der Waals surface area (Å²) in [4.78, 5) is 3.57. The van der Waals surface area contributed by atoms with Gasteiger partial charge in [-0.15, -0.1) is 24.8 Å². The molecule has 0 spiro atoms. The van der Waals surface area contributed by atoms with Gasteiger partial charge in [-0.25, -0.2) is 9.38 Å². The predicted molar refractivity (Wildman–Crippen MR) is 55.1 cm³/mol. The van der Waals surface area contributed by atoms with Crippen molar-refractivity contribution in [3.05, 3.63) is 24.0 Å². The van der Waals surface area contributed by atoms with Crippen LogP contribution in [0.2, 0.25) is 0 Å². The Bertz CT molecular complexity index is 433. The van der Waals surface area contributed by atoms with Crippen molar-refractivity contribution in [1.29, 1.82) is 0 Å². The molecule has 1 aromatic carbocycles. The Hall–Kier alpha value is -1.50. The second-order valence-corrected chi connectivity index (χ2v) is 3.17. The van der Waals surface area contributed by atoms with Crippen molar-refractivity contribution in [2.24, 2.45) is 10.7 Å². The molecule has 3 nitrogen and oxygen atoms in total. The highest BCUT2D eigenvalue weighted by Crippen LogP contribution is 2.27. The summed E-state index contributed by atoms with van der Waals surface area (Å²) in [6, 6.07) is 2.50.